The number of benzene rings is 2. The lowest BCUT2D eigenvalue weighted by molar-refractivity contribution is 0.0374. The first-order chi connectivity index (χ1) is 20.3. The summed E-state index contributed by atoms with van der Waals surface area (Å²) in [6.07, 6.45) is 2.43. The van der Waals surface area contributed by atoms with Gasteiger partial charge >= 0.3 is 0 Å². The monoisotopic (exact) mass is 595 g/mol. The number of aryl methyl sites for hydroxylation is 1. The van der Waals surface area contributed by atoms with Crippen molar-refractivity contribution < 1.29 is 14.3 Å². The quantitative estimate of drug-likeness (QED) is 0.252. The molecule has 42 heavy (non-hydrogen) atoms. The molecule has 0 spiro atoms. The number of amides is 2. The molecule has 0 aliphatic carbocycles. The third-order valence-electron chi connectivity index (χ3n) is 7.70. The number of nitrogens with two attached hydrogens (primary N) is 1. The van der Waals surface area contributed by atoms with Crippen LogP contribution in [0, 0.1) is 6.92 Å². The van der Waals surface area contributed by atoms with E-state index < -0.39 is 0 Å². The molecule has 2 aliphatic heterocycles. The Balaban J connectivity index is 1.31. The number of ether oxygens (including phenoxy) is 1. The van der Waals surface area contributed by atoms with E-state index in [2.05, 4.69) is 42.7 Å². The van der Waals surface area contributed by atoms with Gasteiger partial charge in [-0.3, -0.25) is 14.5 Å². The summed E-state index contributed by atoms with van der Waals surface area (Å²) in [5, 5.41) is 14.6. The summed E-state index contributed by atoms with van der Waals surface area (Å²) in [6.45, 7) is 10.1. The van der Waals surface area contributed by atoms with Gasteiger partial charge in [0.25, 0.3) is 11.8 Å². The number of hydrogen-bond acceptors (Lipinski definition) is 9. The van der Waals surface area contributed by atoms with Gasteiger partial charge in [0.05, 0.1) is 47.1 Å². The number of rotatable bonds is 9. The van der Waals surface area contributed by atoms with Crippen LogP contribution in [-0.2, 0) is 4.74 Å². The normalized spacial score (nSPS) is 16.4. The summed E-state index contributed by atoms with van der Waals surface area (Å²) >= 11 is 6.41. The summed E-state index contributed by atoms with van der Waals surface area (Å²) in [5.41, 5.74) is 10.0. The highest BCUT2D eigenvalue weighted by atomic mass is 35.5. The van der Waals surface area contributed by atoms with Crippen LogP contribution in [0.2, 0.25) is 5.02 Å². The molecule has 13 heteroatoms. The van der Waals surface area contributed by atoms with E-state index in [9.17, 15) is 9.59 Å². The predicted octanol–water partition coefficient (Wildman–Crippen LogP) is 2.27. The molecule has 2 aliphatic rings. The van der Waals surface area contributed by atoms with Crippen LogP contribution in [0.4, 0.5) is 17.1 Å². The zero-order chi connectivity index (χ0) is 29.6. The average molecular weight is 596 g/mol. The van der Waals surface area contributed by atoms with Gasteiger partial charge in [0.1, 0.15) is 0 Å². The van der Waals surface area contributed by atoms with E-state index in [-0.39, 0.29) is 17.5 Å². The molecule has 12 nitrogen and oxygen atoms in total. The van der Waals surface area contributed by atoms with Crippen molar-refractivity contribution in [2.45, 2.75) is 13.3 Å². The molecule has 0 radical (unpaired) electrons. The number of nitrogens with zero attached hydrogens (tertiary/aromatic N) is 6. The molecular formula is C29H38ClN9O3. The fourth-order valence-corrected chi connectivity index (χ4v) is 5.36. The van der Waals surface area contributed by atoms with Crippen LogP contribution in [-0.4, -0.2) is 109 Å². The summed E-state index contributed by atoms with van der Waals surface area (Å²) in [6, 6.07) is 8.97. The van der Waals surface area contributed by atoms with Crippen LogP contribution in [0.3, 0.4) is 0 Å². The van der Waals surface area contributed by atoms with E-state index in [1.807, 2.05) is 25.1 Å². The minimum atomic E-state index is -0.366. The van der Waals surface area contributed by atoms with Crippen molar-refractivity contribution >= 4 is 40.5 Å². The highest BCUT2D eigenvalue weighted by Crippen LogP contribution is 2.31. The number of hydrogen-bond donors (Lipinski definition) is 3. The Morgan fingerprint density at radius 1 is 1.05 bits per heavy atom. The van der Waals surface area contributed by atoms with E-state index in [1.54, 1.807) is 18.3 Å². The SMILES string of the molecule is Cc1cc(Cl)c(C(=O)Nc2cc(-n3cc(C(=O)NCCCN4CCOCC4)nn3)ccc2N2CCN(C)CC2)cc1N. The Kier molecular flexibility index (Phi) is 9.58. The number of aromatic nitrogens is 3. The van der Waals surface area contributed by atoms with E-state index in [0.717, 1.165) is 76.7 Å². The number of likely N-dealkylation sites (N-methyl/N-ethyl adjacent to an activating group) is 1. The van der Waals surface area contributed by atoms with Crippen molar-refractivity contribution in [2.24, 2.45) is 0 Å². The molecule has 5 rings (SSSR count). The largest absolute Gasteiger partial charge is 0.398 e. The third-order valence-corrected chi connectivity index (χ3v) is 8.02. The van der Waals surface area contributed by atoms with Crippen molar-refractivity contribution in [3.63, 3.8) is 0 Å². The van der Waals surface area contributed by atoms with Crippen LogP contribution in [0.5, 0.6) is 0 Å². The van der Waals surface area contributed by atoms with E-state index >= 15 is 0 Å². The van der Waals surface area contributed by atoms with Crippen LogP contribution >= 0.6 is 11.6 Å². The first kappa shape index (κ1) is 29.8. The second-order valence-corrected chi connectivity index (χ2v) is 11.2. The highest BCUT2D eigenvalue weighted by Gasteiger charge is 2.21. The molecule has 224 valence electrons. The second-order valence-electron chi connectivity index (χ2n) is 10.7. The van der Waals surface area contributed by atoms with E-state index in [0.29, 0.717) is 34.2 Å². The lowest BCUT2D eigenvalue weighted by Crippen LogP contribution is -2.44. The maximum Gasteiger partial charge on any atom is 0.273 e. The van der Waals surface area contributed by atoms with Gasteiger partial charge in [0, 0.05) is 51.5 Å². The number of halogens is 1. The number of carbonyl (C=O) groups is 2. The van der Waals surface area contributed by atoms with Crippen molar-refractivity contribution in [1.82, 2.24) is 30.1 Å². The first-order valence-corrected chi connectivity index (χ1v) is 14.6. The van der Waals surface area contributed by atoms with Gasteiger partial charge in [-0.2, -0.15) is 0 Å². The summed E-state index contributed by atoms with van der Waals surface area (Å²) in [7, 11) is 2.09. The van der Waals surface area contributed by atoms with E-state index in [4.69, 9.17) is 22.1 Å². The van der Waals surface area contributed by atoms with Crippen LogP contribution in [0.25, 0.3) is 5.69 Å². The molecule has 0 bridgehead atoms. The molecule has 4 N–H and O–H groups in total. The topological polar surface area (TPSA) is 134 Å². The molecule has 2 saturated heterocycles. The maximum absolute atomic E-state index is 13.4. The minimum absolute atomic E-state index is 0.219. The predicted molar refractivity (Wildman–Crippen MR) is 164 cm³/mol. The van der Waals surface area contributed by atoms with Crippen LogP contribution in [0.15, 0.2) is 36.5 Å². The Labute approximate surface area is 250 Å². The smallest absolute Gasteiger partial charge is 0.273 e. The number of morpholine rings is 1. The lowest BCUT2D eigenvalue weighted by Gasteiger charge is -2.35. The fourth-order valence-electron chi connectivity index (χ4n) is 5.06. The Morgan fingerprint density at radius 2 is 1.81 bits per heavy atom. The zero-order valence-corrected chi connectivity index (χ0v) is 24.9. The molecule has 2 fully saturated rings. The standard InChI is InChI=1S/C29H38ClN9O3/c1-20-16-23(30)22(18-24(20)31)28(40)33-25-17-21(4-5-27(25)38-10-8-36(2)9-11-38)39-19-26(34-35-39)29(41)32-6-3-7-37-12-14-42-15-13-37/h4-5,16-19H,3,6-15,31H2,1-2H3,(H,32,41)(H,33,40). The van der Waals surface area contributed by atoms with Gasteiger partial charge in [-0.05, 0) is 62.8 Å². The molecule has 2 amide bonds. The number of anilines is 3. The van der Waals surface area contributed by atoms with Gasteiger partial charge in [-0.25, -0.2) is 4.68 Å². The summed E-state index contributed by atoms with van der Waals surface area (Å²) in [5.74, 6) is -0.646. The van der Waals surface area contributed by atoms with Crippen molar-refractivity contribution in [3.8, 4) is 5.69 Å². The van der Waals surface area contributed by atoms with Gasteiger partial charge in [-0.15, -0.1) is 5.10 Å². The average Bonchev–Trinajstić information content (AvgIpc) is 3.49. The van der Waals surface area contributed by atoms with Crippen molar-refractivity contribution in [3.05, 3.63) is 58.4 Å². The maximum atomic E-state index is 13.4. The van der Waals surface area contributed by atoms with Crippen LogP contribution < -0.4 is 21.3 Å². The second kappa shape index (κ2) is 13.5. The molecular weight excluding hydrogens is 558 g/mol. The molecule has 3 heterocycles. The van der Waals surface area contributed by atoms with E-state index in [1.165, 1.54) is 4.68 Å². The minimum Gasteiger partial charge on any atom is -0.398 e. The van der Waals surface area contributed by atoms with Crippen molar-refractivity contribution in [2.75, 3.05) is 88.6 Å². The molecule has 0 unspecified atom stereocenters. The summed E-state index contributed by atoms with van der Waals surface area (Å²) < 4.78 is 6.91. The Hall–Kier alpha value is -3.71. The highest BCUT2D eigenvalue weighted by molar-refractivity contribution is 6.34. The molecule has 0 saturated carbocycles. The number of nitrogens with one attached hydrogen (secondary N) is 2. The lowest BCUT2D eigenvalue weighted by atomic mass is 10.1. The zero-order valence-electron chi connectivity index (χ0n) is 24.1. The molecule has 3 aromatic rings. The molecule has 0 atom stereocenters. The molecule has 1 aromatic heterocycles. The van der Waals surface area contributed by atoms with Gasteiger partial charge in [0.15, 0.2) is 5.69 Å². The number of nitrogen functional groups attached to an aromatic ring is 1. The Morgan fingerprint density at radius 3 is 2.57 bits per heavy atom. The summed E-state index contributed by atoms with van der Waals surface area (Å²) in [4.78, 5) is 32.9. The fraction of sp³-hybridized carbons (Fsp3) is 0.448. The third kappa shape index (κ3) is 7.19. The Bertz CT molecular complexity index is 1420. The first-order valence-electron chi connectivity index (χ1n) is 14.2. The number of piperazine rings is 1. The van der Waals surface area contributed by atoms with Gasteiger partial charge in [-0.1, -0.05) is 16.8 Å². The van der Waals surface area contributed by atoms with Crippen molar-refractivity contribution in [1.29, 1.82) is 0 Å². The van der Waals surface area contributed by atoms with Gasteiger partial charge < -0.3 is 30.9 Å². The molecule has 2 aromatic carbocycles. The van der Waals surface area contributed by atoms with Crippen LogP contribution in [0.1, 0.15) is 32.8 Å². The van der Waals surface area contributed by atoms with Gasteiger partial charge in [0.2, 0.25) is 0 Å². The number of carbonyl (C=O) groups excluding carboxylic acids is 2.